The molecule has 0 saturated carbocycles. The topological polar surface area (TPSA) is 38.3 Å². The maximum absolute atomic E-state index is 11.0. The molecule has 0 aliphatic carbocycles. The van der Waals surface area contributed by atoms with Crippen LogP contribution in [-0.2, 0) is 9.53 Å². The fourth-order valence-corrected chi connectivity index (χ4v) is 0.750. The number of hydrogen-bond acceptors (Lipinski definition) is 2. The van der Waals surface area contributed by atoms with Gasteiger partial charge in [0.2, 0.25) is 5.91 Å². The Kier molecular flexibility index (Phi) is 8.38. The lowest BCUT2D eigenvalue weighted by atomic mass is 10.4. The SMILES string of the molecule is CC#CCCNC(=O)COCCC. The summed E-state index contributed by atoms with van der Waals surface area (Å²) >= 11 is 0. The minimum Gasteiger partial charge on any atom is -0.372 e. The third kappa shape index (κ3) is 8.90. The largest absolute Gasteiger partial charge is 0.372 e. The Labute approximate surface area is 79.8 Å². The van der Waals surface area contributed by atoms with Gasteiger partial charge in [-0.15, -0.1) is 11.8 Å². The quantitative estimate of drug-likeness (QED) is 0.491. The molecule has 0 heterocycles. The molecule has 0 atom stereocenters. The molecule has 74 valence electrons. The van der Waals surface area contributed by atoms with Crippen LogP contribution in [0.4, 0.5) is 0 Å². The van der Waals surface area contributed by atoms with Crippen molar-refractivity contribution >= 4 is 5.91 Å². The highest BCUT2D eigenvalue weighted by molar-refractivity contribution is 5.77. The minimum absolute atomic E-state index is 0.0636. The van der Waals surface area contributed by atoms with Crippen molar-refractivity contribution in [1.29, 1.82) is 0 Å². The van der Waals surface area contributed by atoms with Gasteiger partial charge in [0, 0.05) is 19.6 Å². The lowest BCUT2D eigenvalue weighted by molar-refractivity contribution is -0.125. The van der Waals surface area contributed by atoms with E-state index in [0.717, 1.165) is 6.42 Å². The predicted octanol–water partition coefficient (Wildman–Crippen LogP) is 0.943. The zero-order valence-electron chi connectivity index (χ0n) is 8.35. The average molecular weight is 183 g/mol. The summed E-state index contributed by atoms with van der Waals surface area (Å²) in [5.41, 5.74) is 0. The Morgan fingerprint density at radius 2 is 2.31 bits per heavy atom. The number of amides is 1. The number of carbonyl (C=O) groups excluding carboxylic acids is 1. The van der Waals surface area contributed by atoms with Crippen molar-refractivity contribution in [1.82, 2.24) is 5.32 Å². The summed E-state index contributed by atoms with van der Waals surface area (Å²) in [5.74, 6) is 5.56. The molecule has 3 nitrogen and oxygen atoms in total. The summed E-state index contributed by atoms with van der Waals surface area (Å²) in [5, 5.41) is 2.71. The summed E-state index contributed by atoms with van der Waals surface area (Å²) in [4.78, 5) is 11.0. The van der Waals surface area contributed by atoms with Gasteiger partial charge in [0.15, 0.2) is 0 Å². The highest BCUT2D eigenvalue weighted by Gasteiger charge is 1.97. The maximum Gasteiger partial charge on any atom is 0.246 e. The van der Waals surface area contributed by atoms with E-state index in [-0.39, 0.29) is 12.5 Å². The van der Waals surface area contributed by atoms with E-state index >= 15 is 0 Å². The molecular formula is C10H17NO2. The van der Waals surface area contributed by atoms with Crippen LogP contribution < -0.4 is 5.32 Å². The third-order valence-corrected chi connectivity index (χ3v) is 1.33. The molecule has 13 heavy (non-hydrogen) atoms. The lowest BCUT2D eigenvalue weighted by Crippen LogP contribution is -2.28. The van der Waals surface area contributed by atoms with Gasteiger partial charge in [0.1, 0.15) is 6.61 Å². The molecule has 3 heteroatoms. The summed E-state index contributed by atoms with van der Waals surface area (Å²) in [7, 11) is 0. The smallest absolute Gasteiger partial charge is 0.246 e. The fraction of sp³-hybridized carbons (Fsp3) is 0.700. The van der Waals surface area contributed by atoms with Gasteiger partial charge < -0.3 is 10.1 Å². The molecule has 0 spiro atoms. The molecule has 0 aromatic rings. The Balaban J connectivity index is 3.23. The zero-order valence-corrected chi connectivity index (χ0v) is 8.35. The summed E-state index contributed by atoms with van der Waals surface area (Å²) < 4.78 is 5.05. The number of nitrogens with one attached hydrogen (secondary N) is 1. The molecule has 0 aliphatic rings. The van der Waals surface area contributed by atoms with E-state index in [1.165, 1.54) is 0 Å². The van der Waals surface area contributed by atoms with Crippen LogP contribution in [0.5, 0.6) is 0 Å². The summed E-state index contributed by atoms with van der Waals surface area (Å²) in [6.07, 6.45) is 1.64. The molecule has 0 bridgehead atoms. The Morgan fingerprint density at radius 1 is 1.54 bits per heavy atom. The van der Waals surface area contributed by atoms with Gasteiger partial charge in [0.05, 0.1) is 0 Å². The molecule has 0 saturated heterocycles. The van der Waals surface area contributed by atoms with E-state index in [4.69, 9.17) is 4.74 Å². The van der Waals surface area contributed by atoms with Crippen molar-refractivity contribution < 1.29 is 9.53 Å². The maximum atomic E-state index is 11.0. The van der Waals surface area contributed by atoms with Crippen LogP contribution in [0.25, 0.3) is 0 Å². The van der Waals surface area contributed by atoms with Crippen LogP contribution in [0, 0.1) is 11.8 Å². The van der Waals surface area contributed by atoms with Crippen molar-refractivity contribution in [3.8, 4) is 11.8 Å². The minimum atomic E-state index is -0.0636. The molecule has 1 amide bonds. The van der Waals surface area contributed by atoms with E-state index in [0.29, 0.717) is 19.6 Å². The van der Waals surface area contributed by atoms with Gasteiger partial charge in [0.25, 0.3) is 0 Å². The molecule has 0 unspecified atom stereocenters. The molecule has 0 aromatic heterocycles. The number of carbonyl (C=O) groups is 1. The second-order valence-corrected chi connectivity index (χ2v) is 2.58. The Morgan fingerprint density at radius 3 is 2.92 bits per heavy atom. The molecule has 0 aliphatic heterocycles. The standard InChI is InChI=1S/C10H17NO2/c1-3-5-6-7-11-10(12)9-13-8-4-2/h4,6-9H2,1-2H3,(H,11,12). The van der Waals surface area contributed by atoms with Gasteiger partial charge in [-0.25, -0.2) is 0 Å². The average Bonchev–Trinajstić information content (AvgIpc) is 2.13. The van der Waals surface area contributed by atoms with E-state index < -0.39 is 0 Å². The molecular weight excluding hydrogens is 166 g/mol. The highest BCUT2D eigenvalue weighted by Crippen LogP contribution is 1.80. The second kappa shape index (κ2) is 9.08. The Bertz CT molecular complexity index is 191. The first-order valence-electron chi connectivity index (χ1n) is 4.55. The molecule has 0 rings (SSSR count). The van der Waals surface area contributed by atoms with Crippen molar-refractivity contribution in [2.45, 2.75) is 26.7 Å². The highest BCUT2D eigenvalue weighted by atomic mass is 16.5. The normalized spacial score (nSPS) is 8.77. The molecule has 1 N–H and O–H groups in total. The van der Waals surface area contributed by atoms with E-state index in [2.05, 4.69) is 17.2 Å². The van der Waals surface area contributed by atoms with Gasteiger partial charge in [-0.3, -0.25) is 4.79 Å². The van der Waals surface area contributed by atoms with Gasteiger partial charge in [-0.2, -0.15) is 0 Å². The number of hydrogen-bond donors (Lipinski definition) is 1. The van der Waals surface area contributed by atoms with Crippen LogP contribution in [0.2, 0.25) is 0 Å². The molecule has 0 fully saturated rings. The van der Waals surface area contributed by atoms with Gasteiger partial charge >= 0.3 is 0 Å². The van der Waals surface area contributed by atoms with Gasteiger partial charge in [-0.1, -0.05) is 6.92 Å². The van der Waals surface area contributed by atoms with E-state index in [9.17, 15) is 4.79 Å². The predicted molar refractivity (Wildman–Crippen MR) is 52.2 cm³/mol. The van der Waals surface area contributed by atoms with Crippen molar-refractivity contribution in [3.05, 3.63) is 0 Å². The van der Waals surface area contributed by atoms with Gasteiger partial charge in [-0.05, 0) is 13.3 Å². The summed E-state index contributed by atoms with van der Waals surface area (Å²) in [6, 6.07) is 0. The van der Waals surface area contributed by atoms with Crippen LogP contribution in [-0.4, -0.2) is 25.7 Å². The molecule has 0 aromatic carbocycles. The van der Waals surface area contributed by atoms with Crippen LogP contribution in [0.3, 0.4) is 0 Å². The number of ether oxygens (including phenoxy) is 1. The van der Waals surface area contributed by atoms with Crippen molar-refractivity contribution in [3.63, 3.8) is 0 Å². The second-order valence-electron chi connectivity index (χ2n) is 2.58. The van der Waals surface area contributed by atoms with Crippen LogP contribution in [0.1, 0.15) is 26.7 Å². The zero-order chi connectivity index (χ0) is 9.94. The number of rotatable bonds is 6. The Hall–Kier alpha value is -1.01. The fourth-order valence-electron chi connectivity index (χ4n) is 0.750. The first kappa shape index (κ1) is 12.0. The first-order valence-corrected chi connectivity index (χ1v) is 4.55. The van der Waals surface area contributed by atoms with Crippen molar-refractivity contribution in [2.24, 2.45) is 0 Å². The van der Waals surface area contributed by atoms with Crippen LogP contribution >= 0.6 is 0 Å². The lowest BCUT2D eigenvalue weighted by Gasteiger charge is -2.02. The third-order valence-electron chi connectivity index (χ3n) is 1.33. The summed E-state index contributed by atoms with van der Waals surface area (Å²) in [6.45, 7) is 5.20. The van der Waals surface area contributed by atoms with E-state index in [1.807, 2.05) is 6.92 Å². The first-order chi connectivity index (χ1) is 6.31. The van der Waals surface area contributed by atoms with Crippen molar-refractivity contribution in [2.75, 3.05) is 19.8 Å². The monoisotopic (exact) mass is 183 g/mol. The van der Waals surface area contributed by atoms with E-state index in [1.54, 1.807) is 6.92 Å². The molecule has 0 radical (unpaired) electrons. The van der Waals surface area contributed by atoms with Crippen LogP contribution in [0.15, 0.2) is 0 Å².